The summed E-state index contributed by atoms with van der Waals surface area (Å²) in [5.41, 5.74) is -0.280. The van der Waals surface area contributed by atoms with Crippen molar-refractivity contribution in [3.63, 3.8) is 0 Å². The van der Waals surface area contributed by atoms with Gasteiger partial charge in [0, 0.05) is 6.54 Å². The Morgan fingerprint density at radius 1 is 1.40 bits per heavy atom. The van der Waals surface area contributed by atoms with Crippen molar-refractivity contribution >= 4 is 27.6 Å². The van der Waals surface area contributed by atoms with E-state index in [-0.39, 0.29) is 20.9 Å². The zero-order valence-electron chi connectivity index (χ0n) is 11.6. The highest BCUT2D eigenvalue weighted by atomic mass is 35.5. The highest BCUT2D eigenvalue weighted by Crippen LogP contribution is 2.22. The largest absolute Gasteiger partial charge is 0.478 e. The van der Waals surface area contributed by atoms with Gasteiger partial charge in [-0.05, 0) is 30.0 Å². The summed E-state index contributed by atoms with van der Waals surface area (Å²) >= 11 is 5.77. The van der Waals surface area contributed by atoms with E-state index in [2.05, 4.69) is 4.72 Å². The lowest BCUT2D eigenvalue weighted by Crippen LogP contribution is -2.33. The monoisotopic (exact) mass is 319 g/mol. The highest BCUT2D eigenvalue weighted by molar-refractivity contribution is 7.89. The van der Waals surface area contributed by atoms with Crippen LogP contribution < -0.4 is 4.72 Å². The maximum absolute atomic E-state index is 12.1. The van der Waals surface area contributed by atoms with Crippen LogP contribution in [0.25, 0.3) is 0 Å². The number of benzene rings is 1. The van der Waals surface area contributed by atoms with Gasteiger partial charge in [0.1, 0.15) is 0 Å². The Morgan fingerprint density at radius 3 is 2.45 bits per heavy atom. The number of hydrogen-bond donors (Lipinski definition) is 2. The normalized spacial score (nSPS) is 12.4. The summed E-state index contributed by atoms with van der Waals surface area (Å²) in [4.78, 5) is 10.8. The quantitative estimate of drug-likeness (QED) is 0.844. The predicted octanol–water partition coefficient (Wildman–Crippen LogP) is 2.75. The second-order valence-electron chi connectivity index (χ2n) is 5.29. The summed E-state index contributed by atoms with van der Waals surface area (Å²) in [5, 5.41) is 8.75. The van der Waals surface area contributed by atoms with Crippen LogP contribution in [0.4, 0.5) is 0 Å². The van der Waals surface area contributed by atoms with E-state index in [1.165, 1.54) is 12.1 Å². The molecule has 0 bridgehead atoms. The molecule has 1 aromatic carbocycles. The Kier molecular flexibility index (Phi) is 5.18. The molecule has 0 heterocycles. The lowest BCUT2D eigenvalue weighted by Gasteiger charge is -2.22. The molecule has 0 fully saturated rings. The van der Waals surface area contributed by atoms with Crippen LogP contribution in [0.2, 0.25) is 5.02 Å². The molecule has 0 saturated heterocycles. The Bertz CT molecular complexity index is 611. The number of rotatable bonds is 6. The van der Waals surface area contributed by atoms with Gasteiger partial charge in [0.15, 0.2) is 0 Å². The van der Waals surface area contributed by atoms with Gasteiger partial charge < -0.3 is 5.11 Å². The fourth-order valence-electron chi connectivity index (χ4n) is 1.34. The third-order valence-electron chi connectivity index (χ3n) is 3.18. The second kappa shape index (κ2) is 6.11. The average molecular weight is 320 g/mol. The maximum Gasteiger partial charge on any atom is 0.337 e. The molecular formula is C13H18ClNO4S. The van der Waals surface area contributed by atoms with Crippen molar-refractivity contribution in [2.45, 2.75) is 32.1 Å². The average Bonchev–Trinajstić information content (AvgIpc) is 2.36. The number of aromatic carboxylic acids is 1. The molecule has 20 heavy (non-hydrogen) atoms. The lowest BCUT2D eigenvalue weighted by atomic mass is 9.91. The molecule has 0 radical (unpaired) electrons. The van der Waals surface area contributed by atoms with E-state index in [4.69, 9.17) is 16.7 Å². The van der Waals surface area contributed by atoms with Gasteiger partial charge in [-0.1, -0.05) is 32.4 Å². The third-order valence-corrected chi connectivity index (χ3v) is 4.89. The molecular weight excluding hydrogens is 302 g/mol. The number of sulfonamides is 1. The second-order valence-corrected chi connectivity index (χ2v) is 7.46. The Morgan fingerprint density at radius 2 is 2.00 bits per heavy atom. The van der Waals surface area contributed by atoms with E-state index in [0.29, 0.717) is 6.54 Å². The molecule has 0 aromatic heterocycles. The van der Waals surface area contributed by atoms with Crippen LogP contribution in [0.5, 0.6) is 0 Å². The number of carboxylic acids is 1. The first-order valence-electron chi connectivity index (χ1n) is 6.11. The predicted molar refractivity (Wildman–Crippen MR) is 77.7 cm³/mol. The zero-order chi connectivity index (χ0) is 15.6. The molecule has 2 N–H and O–H groups in total. The van der Waals surface area contributed by atoms with Gasteiger partial charge >= 0.3 is 5.97 Å². The fourth-order valence-corrected chi connectivity index (χ4v) is 2.93. The van der Waals surface area contributed by atoms with Crippen LogP contribution in [-0.2, 0) is 10.0 Å². The van der Waals surface area contributed by atoms with Crippen LogP contribution in [0.15, 0.2) is 23.1 Å². The number of carbonyl (C=O) groups is 1. The molecule has 7 heteroatoms. The molecule has 1 aromatic rings. The number of halogens is 1. The molecule has 5 nitrogen and oxygen atoms in total. The third kappa shape index (κ3) is 4.19. The van der Waals surface area contributed by atoms with Gasteiger partial charge in [-0.2, -0.15) is 0 Å². The first-order chi connectivity index (χ1) is 9.09. The van der Waals surface area contributed by atoms with E-state index in [0.717, 1.165) is 12.5 Å². The van der Waals surface area contributed by atoms with Crippen molar-refractivity contribution in [3.05, 3.63) is 28.8 Å². The Hall–Kier alpha value is -1.11. The lowest BCUT2D eigenvalue weighted by molar-refractivity contribution is 0.0697. The molecule has 1 rings (SSSR count). The molecule has 112 valence electrons. The molecule has 0 saturated carbocycles. The number of carboxylic acid groups (broad SMARTS) is 1. The van der Waals surface area contributed by atoms with Crippen molar-refractivity contribution in [1.29, 1.82) is 0 Å². The SMILES string of the molecule is CCC(C)(C)CNS(=O)(=O)c1ccc(C(=O)O)c(Cl)c1. The Labute approximate surface area is 124 Å². The summed E-state index contributed by atoms with van der Waals surface area (Å²) in [5.74, 6) is -1.20. The van der Waals surface area contributed by atoms with Crippen molar-refractivity contribution in [2.24, 2.45) is 5.41 Å². The number of hydrogen-bond acceptors (Lipinski definition) is 3. The maximum atomic E-state index is 12.1. The topological polar surface area (TPSA) is 83.5 Å². The summed E-state index contributed by atoms with van der Waals surface area (Å²) in [6, 6.07) is 3.56. The summed E-state index contributed by atoms with van der Waals surface area (Å²) < 4.78 is 26.7. The molecule has 0 aliphatic heterocycles. The minimum absolute atomic E-state index is 0.0422. The van der Waals surface area contributed by atoms with Crippen molar-refractivity contribution in [2.75, 3.05) is 6.54 Å². The molecule has 0 atom stereocenters. The molecule has 0 amide bonds. The van der Waals surface area contributed by atoms with E-state index in [1.807, 2.05) is 20.8 Å². The molecule has 0 spiro atoms. The van der Waals surface area contributed by atoms with Crippen LogP contribution >= 0.6 is 11.6 Å². The van der Waals surface area contributed by atoms with E-state index in [9.17, 15) is 13.2 Å². The zero-order valence-corrected chi connectivity index (χ0v) is 13.2. The Balaban J connectivity index is 2.99. The van der Waals surface area contributed by atoms with Crippen molar-refractivity contribution in [1.82, 2.24) is 4.72 Å². The van der Waals surface area contributed by atoms with Gasteiger partial charge in [-0.3, -0.25) is 0 Å². The molecule has 0 unspecified atom stereocenters. The van der Waals surface area contributed by atoms with Crippen LogP contribution in [0, 0.1) is 5.41 Å². The van der Waals surface area contributed by atoms with Crippen LogP contribution in [0.3, 0.4) is 0 Å². The van der Waals surface area contributed by atoms with Gasteiger partial charge in [-0.15, -0.1) is 0 Å². The summed E-state index contributed by atoms with van der Waals surface area (Å²) in [6.45, 7) is 6.18. The van der Waals surface area contributed by atoms with Crippen LogP contribution in [0.1, 0.15) is 37.6 Å². The first-order valence-corrected chi connectivity index (χ1v) is 7.98. The van der Waals surface area contributed by atoms with Gasteiger partial charge in [0.2, 0.25) is 10.0 Å². The van der Waals surface area contributed by atoms with E-state index >= 15 is 0 Å². The first kappa shape index (κ1) is 16.9. The van der Waals surface area contributed by atoms with E-state index in [1.54, 1.807) is 0 Å². The van der Waals surface area contributed by atoms with Gasteiger partial charge in [0.05, 0.1) is 15.5 Å². The standard InChI is InChI=1S/C13H18ClNO4S/c1-4-13(2,3)8-15-20(18,19)9-5-6-10(12(16)17)11(14)7-9/h5-7,15H,4,8H2,1-3H3,(H,16,17). The van der Waals surface area contributed by atoms with Gasteiger partial charge in [0.25, 0.3) is 0 Å². The summed E-state index contributed by atoms with van der Waals surface area (Å²) in [7, 11) is -3.70. The van der Waals surface area contributed by atoms with Gasteiger partial charge in [-0.25, -0.2) is 17.9 Å². The smallest absolute Gasteiger partial charge is 0.337 e. The highest BCUT2D eigenvalue weighted by Gasteiger charge is 2.22. The van der Waals surface area contributed by atoms with Crippen LogP contribution in [-0.4, -0.2) is 26.0 Å². The van der Waals surface area contributed by atoms with E-state index < -0.39 is 16.0 Å². The summed E-state index contributed by atoms with van der Waals surface area (Å²) in [6.07, 6.45) is 0.828. The van der Waals surface area contributed by atoms with Crippen molar-refractivity contribution in [3.8, 4) is 0 Å². The number of nitrogens with one attached hydrogen (secondary N) is 1. The minimum Gasteiger partial charge on any atom is -0.478 e. The molecule has 0 aliphatic carbocycles. The molecule has 0 aliphatic rings. The van der Waals surface area contributed by atoms with Crippen molar-refractivity contribution < 1.29 is 18.3 Å². The minimum atomic E-state index is -3.70. The fraction of sp³-hybridized carbons (Fsp3) is 0.462.